The number of nitrogens with one attached hydrogen (secondary N) is 1. The van der Waals surface area contributed by atoms with Gasteiger partial charge in [-0.15, -0.1) is 15.3 Å². The molecule has 26 heavy (non-hydrogen) atoms. The molecule has 0 amide bonds. The fourth-order valence-corrected chi connectivity index (χ4v) is 4.59. The minimum atomic E-state index is 0.532. The Balaban J connectivity index is 1.52. The van der Waals surface area contributed by atoms with E-state index in [4.69, 9.17) is 5.10 Å². The molecule has 0 bridgehead atoms. The maximum atomic E-state index is 4.73. The zero-order valence-electron chi connectivity index (χ0n) is 15.4. The molecule has 3 aromatic heterocycles. The normalized spacial score (nSPS) is 17.0. The summed E-state index contributed by atoms with van der Waals surface area (Å²) in [6.45, 7) is 0.909. The third kappa shape index (κ3) is 3.59. The Hall–Kier alpha value is -1.99. The van der Waals surface area contributed by atoms with Crippen LogP contribution in [0.15, 0.2) is 29.0 Å². The second-order valence-corrected chi connectivity index (χ2v) is 8.11. The average molecular weight is 371 g/mol. The maximum absolute atomic E-state index is 4.73. The largest absolute Gasteiger partial charge is 0.367 e. The molecule has 1 saturated carbocycles. The zero-order valence-corrected chi connectivity index (χ0v) is 16.2. The van der Waals surface area contributed by atoms with Gasteiger partial charge in [0, 0.05) is 23.5 Å². The van der Waals surface area contributed by atoms with Crippen LogP contribution in [-0.2, 0) is 0 Å². The van der Waals surface area contributed by atoms with Crippen molar-refractivity contribution in [3.05, 3.63) is 29.0 Å². The van der Waals surface area contributed by atoms with Gasteiger partial charge in [0.2, 0.25) is 0 Å². The summed E-state index contributed by atoms with van der Waals surface area (Å²) in [4.78, 5) is 2.36. The van der Waals surface area contributed by atoms with Gasteiger partial charge < -0.3 is 10.2 Å². The van der Waals surface area contributed by atoms with Crippen LogP contribution in [-0.4, -0.2) is 51.4 Å². The molecular weight excluding hydrogens is 344 g/mol. The lowest BCUT2D eigenvalue weighted by Crippen LogP contribution is -2.41. The van der Waals surface area contributed by atoms with Crippen molar-refractivity contribution in [3.8, 4) is 11.4 Å². The Kier molecular flexibility index (Phi) is 5.17. The predicted molar refractivity (Wildman–Crippen MR) is 107 cm³/mol. The fraction of sp³-hybridized carbons (Fsp3) is 0.526. The van der Waals surface area contributed by atoms with Crippen LogP contribution in [0.3, 0.4) is 0 Å². The number of fused-ring (bicyclic) bond motifs is 1. The second kappa shape index (κ2) is 7.72. The standard InChI is InChI=1S/C19H26N6S/c1-24(2)16(14-6-4-3-5-7-14)12-20-17-8-9-18-21-22-19(25(18)23-17)15-10-11-26-13-15/h8-11,13-14,16H,3-7,12H2,1-2H3,(H,20,23). The number of hydrogen-bond acceptors (Lipinski definition) is 6. The molecular formula is C19H26N6S. The molecule has 1 unspecified atom stereocenters. The number of nitrogens with zero attached hydrogens (tertiary/aromatic N) is 5. The van der Waals surface area contributed by atoms with Crippen molar-refractivity contribution >= 4 is 22.8 Å². The van der Waals surface area contributed by atoms with Gasteiger partial charge in [-0.3, -0.25) is 0 Å². The lowest BCUT2D eigenvalue weighted by atomic mass is 9.83. The first-order valence-electron chi connectivity index (χ1n) is 9.38. The summed E-state index contributed by atoms with van der Waals surface area (Å²) in [7, 11) is 4.37. The Morgan fingerprint density at radius 2 is 2.04 bits per heavy atom. The van der Waals surface area contributed by atoms with E-state index in [1.807, 2.05) is 28.1 Å². The Morgan fingerprint density at radius 3 is 2.77 bits per heavy atom. The summed E-state index contributed by atoms with van der Waals surface area (Å²) in [6.07, 6.45) is 6.80. The van der Waals surface area contributed by atoms with Crippen LogP contribution >= 0.6 is 11.3 Å². The number of thiophene rings is 1. The van der Waals surface area contributed by atoms with E-state index in [0.717, 1.165) is 35.3 Å². The van der Waals surface area contributed by atoms with E-state index in [1.165, 1.54) is 32.1 Å². The molecule has 0 spiro atoms. The highest BCUT2D eigenvalue weighted by Crippen LogP contribution is 2.28. The van der Waals surface area contributed by atoms with Gasteiger partial charge in [0.1, 0.15) is 5.82 Å². The van der Waals surface area contributed by atoms with Crippen molar-refractivity contribution in [1.29, 1.82) is 0 Å². The van der Waals surface area contributed by atoms with Gasteiger partial charge in [0.25, 0.3) is 0 Å². The highest BCUT2D eigenvalue weighted by atomic mass is 32.1. The number of anilines is 1. The third-order valence-electron chi connectivity index (χ3n) is 5.39. The SMILES string of the molecule is CN(C)C(CNc1ccc2nnc(-c3ccsc3)n2n1)C1CCCCC1. The van der Waals surface area contributed by atoms with Crippen molar-refractivity contribution in [2.75, 3.05) is 26.0 Å². The maximum Gasteiger partial charge on any atom is 0.186 e. The average Bonchev–Trinajstić information content (AvgIpc) is 3.31. The smallest absolute Gasteiger partial charge is 0.186 e. The Bertz CT molecular complexity index is 835. The van der Waals surface area contributed by atoms with Gasteiger partial charge in [0.15, 0.2) is 11.5 Å². The molecule has 3 heterocycles. The first-order chi connectivity index (χ1) is 12.7. The molecule has 4 rings (SSSR count). The van der Waals surface area contributed by atoms with Crippen molar-refractivity contribution in [2.24, 2.45) is 5.92 Å². The molecule has 0 saturated heterocycles. The van der Waals surface area contributed by atoms with Crippen LogP contribution in [0.1, 0.15) is 32.1 Å². The quantitative estimate of drug-likeness (QED) is 0.716. The molecule has 3 aromatic rings. The summed E-state index contributed by atoms with van der Waals surface area (Å²) >= 11 is 1.65. The van der Waals surface area contributed by atoms with E-state index >= 15 is 0 Å². The first kappa shape index (κ1) is 17.4. The van der Waals surface area contributed by atoms with Gasteiger partial charge in [-0.1, -0.05) is 19.3 Å². The van der Waals surface area contributed by atoms with Crippen LogP contribution in [0.25, 0.3) is 17.0 Å². The van der Waals surface area contributed by atoms with E-state index in [1.54, 1.807) is 11.3 Å². The lowest BCUT2D eigenvalue weighted by Gasteiger charge is -2.35. The van der Waals surface area contributed by atoms with Gasteiger partial charge >= 0.3 is 0 Å². The highest BCUT2D eigenvalue weighted by molar-refractivity contribution is 7.08. The van der Waals surface area contributed by atoms with Crippen LogP contribution in [0.4, 0.5) is 5.82 Å². The van der Waals surface area contributed by atoms with Crippen LogP contribution in [0.2, 0.25) is 0 Å². The molecule has 6 nitrogen and oxygen atoms in total. The number of hydrogen-bond donors (Lipinski definition) is 1. The second-order valence-electron chi connectivity index (χ2n) is 7.33. The number of aromatic nitrogens is 4. The van der Waals surface area contributed by atoms with Crippen LogP contribution in [0.5, 0.6) is 0 Å². The van der Waals surface area contributed by atoms with Crippen molar-refractivity contribution in [3.63, 3.8) is 0 Å². The van der Waals surface area contributed by atoms with Crippen molar-refractivity contribution in [2.45, 2.75) is 38.1 Å². The molecule has 7 heteroatoms. The molecule has 0 radical (unpaired) electrons. The molecule has 1 atom stereocenters. The Labute approximate surface area is 158 Å². The van der Waals surface area contributed by atoms with Crippen LogP contribution < -0.4 is 5.32 Å². The minimum absolute atomic E-state index is 0.532. The highest BCUT2D eigenvalue weighted by Gasteiger charge is 2.25. The summed E-state index contributed by atoms with van der Waals surface area (Å²) < 4.78 is 1.83. The summed E-state index contributed by atoms with van der Waals surface area (Å²) in [5, 5.41) is 20.9. The summed E-state index contributed by atoms with van der Waals surface area (Å²) in [5.41, 5.74) is 1.83. The van der Waals surface area contributed by atoms with E-state index < -0.39 is 0 Å². The van der Waals surface area contributed by atoms with E-state index in [-0.39, 0.29) is 0 Å². The number of rotatable bonds is 6. The predicted octanol–water partition coefficient (Wildman–Crippen LogP) is 3.78. The molecule has 0 aromatic carbocycles. The van der Waals surface area contributed by atoms with Crippen molar-refractivity contribution < 1.29 is 0 Å². The third-order valence-corrected chi connectivity index (χ3v) is 6.08. The molecule has 0 aliphatic heterocycles. The van der Waals surface area contributed by atoms with E-state index in [2.05, 4.69) is 39.9 Å². The fourth-order valence-electron chi connectivity index (χ4n) is 3.95. The molecule has 138 valence electrons. The topological polar surface area (TPSA) is 58.3 Å². The summed E-state index contributed by atoms with van der Waals surface area (Å²) in [5.74, 6) is 2.43. The van der Waals surface area contributed by atoms with Crippen LogP contribution in [0, 0.1) is 5.92 Å². The molecule has 1 fully saturated rings. The molecule has 1 aliphatic rings. The molecule has 1 N–H and O–H groups in total. The summed E-state index contributed by atoms with van der Waals surface area (Å²) in [6, 6.07) is 6.55. The zero-order chi connectivity index (χ0) is 17.9. The van der Waals surface area contributed by atoms with Gasteiger partial charge in [-0.05, 0) is 56.4 Å². The monoisotopic (exact) mass is 370 g/mol. The van der Waals surface area contributed by atoms with Gasteiger partial charge in [-0.2, -0.15) is 15.9 Å². The minimum Gasteiger partial charge on any atom is -0.367 e. The number of likely N-dealkylation sites (N-methyl/N-ethyl adjacent to an activating group) is 1. The lowest BCUT2D eigenvalue weighted by molar-refractivity contribution is 0.179. The molecule has 1 aliphatic carbocycles. The van der Waals surface area contributed by atoms with Gasteiger partial charge in [-0.25, -0.2) is 0 Å². The van der Waals surface area contributed by atoms with Crippen molar-refractivity contribution in [1.82, 2.24) is 24.7 Å². The van der Waals surface area contributed by atoms with E-state index in [0.29, 0.717) is 6.04 Å². The Morgan fingerprint density at radius 1 is 1.19 bits per heavy atom. The first-order valence-corrected chi connectivity index (χ1v) is 10.3. The van der Waals surface area contributed by atoms with E-state index in [9.17, 15) is 0 Å². The van der Waals surface area contributed by atoms with Gasteiger partial charge in [0.05, 0.1) is 0 Å².